The summed E-state index contributed by atoms with van der Waals surface area (Å²) in [5, 5.41) is 0.632. The van der Waals surface area contributed by atoms with E-state index < -0.39 is 0 Å². The molecule has 0 saturated carbocycles. The van der Waals surface area contributed by atoms with E-state index in [2.05, 4.69) is 25.9 Å². The first-order valence-electron chi connectivity index (χ1n) is 5.77. The molecule has 0 atom stereocenters. The zero-order valence-electron chi connectivity index (χ0n) is 9.95. The number of nitrogens with zero attached hydrogens (tertiary/aromatic N) is 3. The normalized spacial score (nSPS) is 10.8. The van der Waals surface area contributed by atoms with E-state index in [-0.39, 0.29) is 5.56 Å². The minimum atomic E-state index is -0.0365. The molecule has 4 nitrogen and oxygen atoms in total. The van der Waals surface area contributed by atoms with Gasteiger partial charge in [-0.1, -0.05) is 12.1 Å². The second-order valence-corrected chi connectivity index (χ2v) is 5.12. The minimum Gasteiger partial charge on any atom is -0.294 e. The molecule has 2 heterocycles. The second kappa shape index (κ2) is 4.93. The highest BCUT2D eigenvalue weighted by molar-refractivity contribution is 9.10. The van der Waals surface area contributed by atoms with Gasteiger partial charge in [0, 0.05) is 16.9 Å². The fourth-order valence-electron chi connectivity index (χ4n) is 1.96. The Bertz CT molecular complexity index is 798. The van der Waals surface area contributed by atoms with Crippen LogP contribution in [0.15, 0.2) is 58.3 Å². The smallest absolute Gasteiger partial charge is 0.261 e. The summed E-state index contributed by atoms with van der Waals surface area (Å²) >= 11 is 3.37. The summed E-state index contributed by atoms with van der Waals surface area (Å²) in [7, 11) is 0. The number of halogens is 1. The van der Waals surface area contributed by atoms with Crippen LogP contribution in [0.3, 0.4) is 0 Å². The van der Waals surface area contributed by atoms with Crippen LogP contribution in [0.2, 0.25) is 0 Å². The van der Waals surface area contributed by atoms with Crippen LogP contribution < -0.4 is 5.56 Å². The Kier molecular flexibility index (Phi) is 3.13. The lowest BCUT2D eigenvalue weighted by atomic mass is 10.2. The topological polar surface area (TPSA) is 47.8 Å². The van der Waals surface area contributed by atoms with Gasteiger partial charge in [0.25, 0.3) is 5.56 Å². The molecule has 0 N–H and O–H groups in total. The summed E-state index contributed by atoms with van der Waals surface area (Å²) in [6.45, 7) is 0.461. The zero-order chi connectivity index (χ0) is 13.2. The highest BCUT2D eigenvalue weighted by atomic mass is 79.9. The summed E-state index contributed by atoms with van der Waals surface area (Å²) in [5.41, 5.74) is 1.63. The van der Waals surface area contributed by atoms with Gasteiger partial charge in [-0.05, 0) is 39.7 Å². The average molecular weight is 316 g/mol. The third-order valence-corrected chi connectivity index (χ3v) is 3.28. The lowest BCUT2D eigenvalue weighted by Gasteiger charge is -2.06. The average Bonchev–Trinajstić information content (AvgIpc) is 2.42. The van der Waals surface area contributed by atoms with Crippen LogP contribution in [-0.4, -0.2) is 14.5 Å². The van der Waals surface area contributed by atoms with Crippen molar-refractivity contribution >= 4 is 26.8 Å². The van der Waals surface area contributed by atoms with E-state index in [0.717, 1.165) is 15.6 Å². The van der Waals surface area contributed by atoms with Crippen molar-refractivity contribution in [3.8, 4) is 0 Å². The van der Waals surface area contributed by atoms with Gasteiger partial charge in [-0.15, -0.1) is 0 Å². The zero-order valence-corrected chi connectivity index (χ0v) is 11.5. The summed E-state index contributed by atoms with van der Waals surface area (Å²) in [4.78, 5) is 20.7. The van der Waals surface area contributed by atoms with Crippen molar-refractivity contribution in [3.05, 3.63) is 69.4 Å². The van der Waals surface area contributed by atoms with Gasteiger partial charge in [-0.3, -0.25) is 14.3 Å². The summed E-state index contributed by atoms with van der Waals surface area (Å²) in [6.07, 6.45) is 5.03. The van der Waals surface area contributed by atoms with Gasteiger partial charge in [0.15, 0.2) is 0 Å². The number of para-hydroxylation sites is 1. The van der Waals surface area contributed by atoms with Gasteiger partial charge in [-0.2, -0.15) is 0 Å². The van der Waals surface area contributed by atoms with Crippen molar-refractivity contribution < 1.29 is 0 Å². The Morgan fingerprint density at radius 1 is 1.21 bits per heavy atom. The molecule has 0 aliphatic heterocycles. The minimum absolute atomic E-state index is 0.0365. The number of hydrogen-bond acceptors (Lipinski definition) is 3. The van der Waals surface area contributed by atoms with E-state index in [1.54, 1.807) is 29.4 Å². The fraction of sp³-hybridized carbons (Fsp3) is 0.0714. The van der Waals surface area contributed by atoms with Crippen LogP contribution in [0.5, 0.6) is 0 Å². The quantitative estimate of drug-likeness (QED) is 0.730. The molecule has 0 saturated heterocycles. The second-order valence-electron chi connectivity index (χ2n) is 4.21. The van der Waals surface area contributed by atoms with E-state index in [1.165, 1.54) is 0 Å². The molecule has 0 aliphatic rings. The molecular formula is C14H10BrN3O. The standard InChI is InChI=1S/C14H10BrN3O/c15-11-5-10(6-16-7-11)8-18-9-17-13-4-2-1-3-12(13)14(18)19/h1-7,9H,8H2. The van der Waals surface area contributed by atoms with Gasteiger partial charge in [-0.25, -0.2) is 4.98 Å². The molecule has 94 valence electrons. The first kappa shape index (κ1) is 12.0. The molecule has 3 rings (SSSR count). The maximum atomic E-state index is 12.3. The molecule has 3 aromatic rings. The predicted octanol–water partition coefficient (Wildman–Crippen LogP) is 2.60. The van der Waals surface area contributed by atoms with Crippen LogP contribution in [-0.2, 0) is 6.54 Å². The first-order valence-corrected chi connectivity index (χ1v) is 6.57. The molecule has 19 heavy (non-hydrogen) atoms. The SMILES string of the molecule is O=c1c2ccccc2ncn1Cc1cncc(Br)c1. The number of rotatable bonds is 2. The number of benzene rings is 1. The third-order valence-electron chi connectivity index (χ3n) is 2.85. The van der Waals surface area contributed by atoms with Gasteiger partial charge in [0.2, 0.25) is 0 Å². The van der Waals surface area contributed by atoms with Crippen molar-refractivity contribution in [2.45, 2.75) is 6.54 Å². The molecule has 0 spiro atoms. The Hall–Kier alpha value is -2.01. The summed E-state index contributed by atoms with van der Waals surface area (Å²) in [5.74, 6) is 0. The van der Waals surface area contributed by atoms with E-state index in [9.17, 15) is 4.79 Å². The number of aromatic nitrogens is 3. The molecule has 0 bridgehead atoms. The predicted molar refractivity (Wildman–Crippen MR) is 77.0 cm³/mol. The van der Waals surface area contributed by atoms with E-state index in [0.29, 0.717) is 11.9 Å². The van der Waals surface area contributed by atoms with E-state index in [1.807, 2.05) is 24.3 Å². The molecular weight excluding hydrogens is 306 g/mol. The fourth-order valence-corrected chi connectivity index (χ4v) is 2.37. The van der Waals surface area contributed by atoms with Crippen molar-refractivity contribution in [1.29, 1.82) is 0 Å². The first-order chi connectivity index (χ1) is 9.24. The van der Waals surface area contributed by atoms with Crippen LogP contribution >= 0.6 is 15.9 Å². The molecule has 2 aromatic heterocycles. The maximum Gasteiger partial charge on any atom is 0.261 e. The van der Waals surface area contributed by atoms with Gasteiger partial charge in [0.05, 0.1) is 23.8 Å². The lowest BCUT2D eigenvalue weighted by Crippen LogP contribution is -2.21. The van der Waals surface area contributed by atoms with Crippen LogP contribution in [0, 0.1) is 0 Å². The van der Waals surface area contributed by atoms with Crippen molar-refractivity contribution in [3.63, 3.8) is 0 Å². The molecule has 0 amide bonds. The van der Waals surface area contributed by atoms with E-state index in [4.69, 9.17) is 0 Å². The van der Waals surface area contributed by atoms with Gasteiger partial charge in [0.1, 0.15) is 0 Å². The number of hydrogen-bond donors (Lipinski definition) is 0. The van der Waals surface area contributed by atoms with Gasteiger partial charge >= 0.3 is 0 Å². The summed E-state index contributed by atoms with van der Waals surface area (Å²) in [6, 6.07) is 9.28. The Labute approximate surface area is 117 Å². The third kappa shape index (κ3) is 2.42. The molecule has 0 radical (unpaired) electrons. The Morgan fingerprint density at radius 3 is 2.89 bits per heavy atom. The Balaban J connectivity index is 2.06. The van der Waals surface area contributed by atoms with Crippen LogP contribution in [0.25, 0.3) is 10.9 Å². The number of fused-ring (bicyclic) bond motifs is 1. The highest BCUT2D eigenvalue weighted by Gasteiger charge is 2.04. The Morgan fingerprint density at radius 2 is 2.05 bits per heavy atom. The van der Waals surface area contributed by atoms with Crippen molar-refractivity contribution in [2.75, 3.05) is 0 Å². The maximum absolute atomic E-state index is 12.3. The molecule has 5 heteroatoms. The van der Waals surface area contributed by atoms with Crippen LogP contribution in [0.1, 0.15) is 5.56 Å². The van der Waals surface area contributed by atoms with Crippen LogP contribution in [0.4, 0.5) is 0 Å². The molecule has 0 unspecified atom stereocenters. The molecule has 0 fully saturated rings. The van der Waals surface area contributed by atoms with E-state index >= 15 is 0 Å². The van der Waals surface area contributed by atoms with Crippen molar-refractivity contribution in [1.82, 2.24) is 14.5 Å². The molecule has 1 aromatic carbocycles. The lowest BCUT2D eigenvalue weighted by molar-refractivity contribution is 0.745. The number of pyridine rings is 1. The van der Waals surface area contributed by atoms with Gasteiger partial charge < -0.3 is 0 Å². The molecule has 0 aliphatic carbocycles. The summed E-state index contributed by atoms with van der Waals surface area (Å²) < 4.78 is 2.48. The van der Waals surface area contributed by atoms with Crippen molar-refractivity contribution in [2.24, 2.45) is 0 Å². The monoisotopic (exact) mass is 315 g/mol. The largest absolute Gasteiger partial charge is 0.294 e. The highest BCUT2D eigenvalue weighted by Crippen LogP contribution is 2.11.